The number of benzene rings is 2. The van der Waals surface area contributed by atoms with Gasteiger partial charge < -0.3 is 0 Å². The molecule has 0 saturated carbocycles. The number of halogens is 1. The zero-order valence-electron chi connectivity index (χ0n) is 13.3. The van der Waals surface area contributed by atoms with Crippen molar-refractivity contribution in [2.75, 3.05) is 0 Å². The Morgan fingerprint density at radius 3 is 2.48 bits per heavy atom. The summed E-state index contributed by atoms with van der Waals surface area (Å²) in [6.07, 6.45) is 0.712. The molecule has 1 aliphatic heterocycles. The average molecular weight is 367 g/mol. The van der Waals surface area contributed by atoms with Crippen LogP contribution in [0.1, 0.15) is 33.3 Å². The number of rotatable bonds is 3. The van der Waals surface area contributed by atoms with E-state index < -0.39 is 0 Å². The molecule has 5 heteroatoms. The summed E-state index contributed by atoms with van der Waals surface area (Å²) in [5.41, 5.74) is 2.62. The lowest BCUT2D eigenvalue weighted by atomic mass is 10.0. The Morgan fingerprint density at radius 2 is 1.80 bits per heavy atom. The predicted octanol–water partition coefficient (Wildman–Crippen LogP) is 5.39. The maximum absolute atomic E-state index is 13.0. The van der Waals surface area contributed by atoms with Gasteiger partial charge in [-0.1, -0.05) is 48.0 Å². The second-order valence-electron chi connectivity index (χ2n) is 5.81. The Labute approximate surface area is 155 Å². The standard InChI is InChI=1S/C20H15ClN2OS/c21-16-10-8-15(9-11-16)20(24)23-18(14-5-2-1-3-6-14)13-17(22-23)19-7-4-12-25-19/h1-12,18H,13H2/t18-/m1/s1. The molecule has 1 amide bonds. The van der Waals surface area contributed by atoms with Gasteiger partial charge >= 0.3 is 0 Å². The summed E-state index contributed by atoms with van der Waals surface area (Å²) in [5.74, 6) is -0.114. The molecule has 0 fully saturated rings. The van der Waals surface area contributed by atoms with E-state index in [1.807, 2.05) is 47.8 Å². The third-order valence-corrected chi connectivity index (χ3v) is 5.37. The summed E-state index contributed by atoms with van der Waals surface area (Å²) in [5, 5.41) is 8.91. The Hall–Kier alpha value is -2.43. The van der Waals surface area contributed by atoms with Crippen LogP contribution in [0.25, 0.3) is 0 Å². The minimum absolute atomic E-state index is 0.0959. The van der Waals surface area contributed by atoms with Crippen LogP contribution in [0.4, 0.5) is 0 Å². The van der Waals surface area contributed by atoms with Gasteiger partial charge in [-0.2, -0.15) is 5.10 Å². The van der Waals surface area contributed by atoms with Crippen molar-refractivity contribution in [3.8, 4) is 0 Å². The van der Waals surface area contributed by atoms with Crippen molar-refractivity contribution in [2.45, 2.75) is 12.5 Å². The highest BCUT2D eigenvalue weighted by Gasteiger charge is 2.33. The molecule has 25 heavy (non-hydrogen) atoms. The number of amides is 1. The minimum Gasteiger partial charge on any atom is -0.267 e. The minimum atomic E-state index is -0.114. The highest BCUT2D eigenvalue weighted by Crippen LogP contribution is 2.34. The maximum Gasteiger partial charge on any atom is 0.274 e. The first-order valence-electron chi connectivity index (χ1n) is 7.98. The summed E-state index contributed by atoms with van der Waals surface area (Å²) >= 11 is 7.58. The molecule has 2 aromatic carbocycles. The van der Waals surface area contributed by atoms with E-state index in [1.54, 1.807) is 40.6 Å². The molecule has 0 saturated heterocycles. The topological polar surface area (TPSA) is 32.7 Å². The average Bonchev–Trinajstić information content (AvgIpc) is 3.32. The van der Waals surface area contributed by atoms with Gasteiger partial charge in [0.2, 0.25) is 0 Å². The van der Waals surface area contributed by atoms with Crippen LogP contribution in [-0.4, -0.2) is 16.6 Å². The molecule has 1 aromatic heterocycles. The number of thiophene rings is 1. The Bertz CT molecular complexity index is 905. The monoisotopic (exact) mass is 366 g/mol. The number of hydrazone groups is 1. The lowest BCUT2D eigenvalue weighted by molar-refractivity contribution is 0.0711. The van der Waals surface area contributed by atoms with Crippen molar-refractivity contribution in [3.05, 3.63) is 93.1 Å². The summed E-state index contributed by atoms with van der Waals surface area (Å²) in [6, 6.07) is 20.9. The van der Waals surface area contributed by atoms with Crippen LogP contribution < -0.4 is 0 Å². The van der Waals surface area contributed by atoms with Gasteiger partial charge in [0.05, 0.1) is 16.6 Å². The van der Waals surface area contributed by atoms with E-state index in [4.69, 9.17) is 11.6 Å². The van der Waals surface area contributed by atoms with Crippen LogP contribution in [0, 0.1) is 0 Å². The Morgan fingerprint density at radius 1 is 1.04 bits per heavy atom. The molecule has 124 valence electrons. The summed E-state index contributed by atoms with van der Waals surface area (Å²) < 4.78 is 0. The number of hydrogen-bond donors (Lipinski definition) is 0. The van der Waals surface area contributed by atoms with Gasteiger partial charge in [0.25, 0.3) is 5.91 Å². The first-order valence-corrected chi connectivity index (χ1v) is 9.23. The van der Waals surface area contributed by atoms with Gasteiger partial charge in [0.1, 0.15) is 0 Å². The first kappa shape index (κ1) is 16.1. The molecule has 0 radical (unpaired) electrons. The van der Waals surface area contributed by atoms with Crippen molar-refractivity contribution >= 4 is 34.6 Å². The highest BCUT2D eigenvalue weighted by molar-refractivity contribution is 7.12. The second-order valence-corrected chi connectivity index (χ2v) is 7.20. The maximum atomic E-state index is 13.0. The van der Waals surface area contributed by atoms with E-state index in [1.165, 1.54) is 0 Å². The van der Waals surface area contributed by atoms with Crippen LogP contribution in [-0.2, 0) is 0 Å². The van der Waals surface area contributed by atoms with Gasteiger partial charge in [-0.15, -0.1) is 11.3 Å². The molecule has 0 unspecified atom stereocenters. The van der Waals surface area contributed by atoms with Crippen molar-refractivity contribution < 1.29 is 4.79 Å². The number of carbonyl (C=O) groups is 1. The molecule has 1 atom stereocenters. The summed E-state index contributed by atoms with van der Waals surface area (Å²) in [4.78, 5) is 14.1. The zero-order valence-corrected chi connectivity index (χ0v) is 14.9. The molecule has 0 bridgehead atoms. The lowest BCUT2D eigenvalue weighted by Gasteiger charge is -2.22. The largest absolute Gasteiger partial charge is 0.274 e. The molecule has 2 heterocycles. The van der Waals surface area contributed by atoms with E-state index in [0.717, 1.165) is 16.2 Å². The number of nitrogens with zero attached hydrogens (tertiary/aromatic N) is 2. The Balaban J connectivity index is 1.71. The fourth-order valence-corrected chi connectivity index (χ4v) is 3.80. The van der Waals surface area contributed by atoms with E-state index in [2.05, 4.69) is 5.10 Å². The third-order valence-electron chi connectivity index (χ3n) is 4.20. The quantitative estimate of drug-likeness (QED) is 0.611. The molecule has 0 N–H and O–H groups in total. The first-order chi connectivity index (χ1) is 12.2. The van der Waals surface area contributed by atoms with Crippen LogP contribution in [0.15, 0.2) is 77.2 Å². The van der Waals surface area contributed by atoms with Gasteiger partial charge in [-0.3, -0.25) is 4.79 Å². The number of hydrogen-bond acceptors (Lipinski definition) is 3. The van der Waals surface area contributed by atoms with Crippen molar-refractivity contribution in [1.29, 1.82) is 0 Å². The van der Waals surface area contributed by atoms with Crippen molar-refractivity contribution in [3.63, 3.8) is 0 Å². The van der Waals surface area contributed by atoms with E-state index >= 15 is 0 Å². The predicted molar refractivity (Wildman–Crippen MR) is 102 cm³/mol. The lowest BCUT2D eigenvalue weighted by Crippen LogP contribution is -2.27. The molecule has 3 nitrogen and oxygen atoms in total. The molecule has 0 aliphatic carbocycles. The molecule has 1 aliphatic rings. The molecule has 3 aromatic rings. The Kier molecular flexibility index (Phi) is 4.38. The van der Waals surface area contributed by atoms with Crippen molar-refractivity contribution in [2.24, 2.45) is 5.10 Å². The molecular formula is C20H15ClN2OS. The van der Waals surface area contributed by atoms with E-state index in [0.29, 0.717) is 17.0 Å². The third kappa shape index (κ3) is 3.23. The number of carbonyl (C=O) groups excluding carboxylic acids is 1. The van der Waals surface area contributed by atoms with Crippen LogP contribution in [0.3, 0.4) is 0 Å². The normalized spacial score (nSPS) is 16.8. The molecule has 0 spiro atoms. The zero-order chi connectivity index (χ0) is 17.2. The van der Waals surface area contributed by atoms with Crippen molar-refractivity contribution in [1.82, 2.24) is 5.01 Å². The van der Waals surface area contributed by atoms with Gasteiger partial charge in [0.15, 0.2) is 0 Å². The van der Waals surface area contributed by atoms with Crippen LogP contribution >= 0.6 is 22.9 Å². The smallest absolute Gasteiger partial charge is 0.267 e. The fourth-order valence-electron chi connectivity index (χ4n) is 2.95. The van der Waals surface area contributed by atoms with E-state index in [9.17, 15) is 4.79 Å². The van der Waals surface area contributed by atoms with E-state index in [-0.39, 0.29) is 11.9 Å². The van der Waals surface area contributed by atoms with Gasteiger partial charge in [-0.05, 0) is 41.3 Å². The van der Waals surface area contributed by atoms with Gasteiger partial charge in [0, 0.05) is 17.0 Å². The second kappa shape index (κ2) is 6.82. The highest BCUT2D eigenvalue weighted by atomic mass is 35.5. The summed E-state index contributed by atoms with van der Waals surface area (Å²) in [7, 11) is 0. The van der Waals surface area contributed by atoms with Gasteiger partial charge in [-0.25, -0.2) is 5.01 Å². The van der Waals surface area contributed by atoms with Crippen LogP contribution in [0.2, 0.25) is 5.02 Å². The SMILES string of the molecule is O=C(c1ccc(Cl)cc1)N1N=C(c2cccs2)C[C@@H]1c1ccccc1. The van der Waals surface area contributed by atoms with Crippen LogP contribution in [0.5, 0.6) is 0 Å². The molecular weight excluding hydrogens is 352 g/mol. The summed E-state index contributed by atoms with van der Waals surface area (Å²) in [6.45, 7) is 0. The fraction of sp³-hybridized carbons (Fsp3) is 0.100. The molecule has 4 rings (SSSR count).